The molecule has 174 valence electrons. The molecule has 0 atom stereocenters. The van der Waals surface area contributed by atoms with Crippen LogP contribution in [0.3, 0.4) is 0 Å². The van der Waals surface area contributed by atoms with Crippen molar-refractivity contribution in [1.82, 2.24) is 9.21 Å². The summed E-state index contributed by atoms with van der Waals surface area (Å²) in [6.45, 7) is 0.881. The van der Waals surface area contributed by atoms with E-state index in [1.807, 2.05) is 11.8 Å². The van der Waals surface area contributed by atoms with E-state index >= 15 is 0 Å². The molecule has 0 spiro atoms. The molecule has 0 aromatic heterocycles. The average Bonchev–Trinajstić information content (AvgIpc) is 2.76. The molecule has 2 aromatic carbocycles. The van der Waals surface area contributed by atoms with Gasteiger partial charge >= 0.3 is 6.61 Å². The number of benzene rings is 2. The molecule has 1 aliphatic rings. The molecule has 1 N–H and O–H groups in total. The van der Waals surface area contributed by atoms with Crippen molar-refractivity contribution < 1.29 is 31.5 Å². The minimum Gasteiger partial charge on any atom is -0.494 e. The molecular weight excluding hydrogens is 444 g/mol. The zero-order valence-corrected chi connectivity index (χ0v) is 18.4. The number of ether oxygens (including phenoxy) is 2. The van der Waals surface area contributed by atoms with Crippen LogP contribution in [0.5, 0.6) is 11.5 Å². The first-order chi connectivity index (χ1) is 15.3. The van der Waals surface area contributed by atoms with Gasteiger partial charge in [-0.3, -0.25) is 9.69 Å². The van der Waals surface area contributed by atoms with E-state index in [1.54, 1.807) is 12.1 Å². The highest BCUT2D eigenvalue weighted by atomic mass is 32.2. The van der Waals surface area contributed by atoms with Crippen LogP contribution in [0.2, 0.25) is 0 Å². The highest BCUT2D eigenvalue weighted by Crippen LogP contribution is 2.21. The standard InChI is InChI=1S/C21H25F2N3O5S/c1-2-30-17-7-9-19(10-8-17)32(28,29)26-13-11-25(12-14-26)15-20(27)24-16-3-5-18(6-4-16)31-21(22)23/h3-10,21H,2,11-15H2,1H3,(H,24,27). The molecule has 3 rings (SSSR count). The van der Waals surface area contributed by atoms with Crippen LogP contribution >= 0.6 is 0 Å². The molecule has 1 amide bonds. The van der Waals surface area contributed by atoms with Crippen LogP contribution in [0.4, 0.5) is 14.5 Å². The minimum absolute atomic E-state index is 0.00265. The molecule has 1 fully saturated rings. The summed E-state index contributed by atoms with van der Waals surface area (Å²) in [6.07, 6.45) is 0. The molecule has 1 aliphatic heterocycles. The highest BCUT2D eigenvalue weighted by molar-refractivity contribution is 7.89. The molecule has 0 aliphatic carbocycles. The molecule has 0 saturated carbocycles. The number of hydrogen-bond acceptors (Lipinski definition) is 6. The number of hydrogen-bond donors (Lipinski definition) is 1. The van der Waals surface area contributed by atoms with Gasteiger partial charge in [0.25, 0.3) is 0 Å². The molecule has 0 bridgehead atoms. The van der Waals surface area contributed by atoms with E-state index in [0.29, 0.717) is 31.1 Å². The van der Waals surface area contributed by atoms with Crippen LogP contribution in [0.15, 0.2) is 53.4 Å². The number of rotatable bonds is 9. The van der Waals surface area contributed by atoms with Gasteiger partial charge in [-0.15, -0.1) is 0 Å². The highest BCUT2D eigenvalue weighted by Gasteiger charge is 2.29. The summed E-state index contributed by atoms with van der Waals surface area (Å²) in [5.74, 6) is 0.330. The number of piperazine rings is 1. The Kier molecular flexibility index (Phi) is 7.99. The predicted molar refractivity (Wildman–Crippen MR) is 115 cm³/mol. The fourth-order valence-corrected chi connectivity index (χ4v) is 4.70. The van der Waals surface area contributed by atoms with Crippen molar-refractivity contribution in [2.45, 2.75) is 18.4 Å². The number of nitrogens with one attached hydrogen (secondary N) is 1. The van der Waals surface area contributed by atoms with Crippen molar-refractivity contribution in [2.75, 3.05) is 44.6 Å². The number of nitrogens with zero attached hydrogens (tertiary/aromatic N) is 2. The summed E-state index contributed by atoms with van der Waals surface area (Å²) in [4.78, 5) is 14.3. The summed E-state index contributed by atoms with van der Waals surface area (Å²) < 4.78 is 61.1. The van der Waals surface area contributed by atoms with Crippen molar-refractivity contribution in [1.29, 1.82) is 0 Å². The number of anilines is 1. The maximum Gasteiger partial charge on any atom is 0.387 e. The SMILES string of the molecule is CCOc1ccc(S(=O)(=O)N2CCN(CC(=O)Nc3ccc(OC(F)F)cc3)CC2)cc1. The third kappa shape index (κ3) is 6.38. The fourth-order valence-electron chi connectivity index (χ4n) is 3.27. The molecule has 0 radical (unpaired) electrons. The van der Waals surface area contributed by atoms with E-state index in [-0.39, 0.29) is 36.2 Å². The van der Waals surface area contributed by atoms with Gasteiger partial charge in [0.15, 0.2) is 0 Å². The number of amides is 1. The quantitative estimate of drug-likeness (QED) is 0.608. The van der Waals surface area contributed by atoms with E-state index in [4.69, 9.17) is 4.74 Å². The predicted octanol–water partition coefficient (Wildman–Crippen LogP) is 2.63. The van der Waals surface area contributed by atoms with Crippen molar-refractivity contribution in [3.05, 3.63) is 48.5 Å². The first-order valence-electron chi connectivity index (χ1n) is 10.1. The Labute approximate surface area is 185 Å². The molecule has 1 saturated heterocycles. The van der Waals surface area contributed by atoms with Crippen molar-refractivity contribution in [3.8, 4) is 11.5 Å². The normalized spacial score (nSPS) is 15.5. The van der Waals surface area contributed by atoms with E-state index in [2.05, 4.69) is 10.1 Å². The second-order valence-electron chi connectivity index (χ2n) is 7.04. The van der Waals surface area contributed by atoms with E-state index in [9.17, 15) is 22.0 Å². The molecular formula is C21H25F2N3O5S. The van der Waals surface area contributed by atoms with E-state index < -0.39 is 16.6 Å². The lowest BCUT2D eigenvalue weighted by Crippen LogP contribution is -2.50. The number of halogens is 2. The lowest BCUT2D eigenvalue weighted by Gasteiger charge is -2.33. The second kappa shape index (κ2) is 10.7. The zero-order chi connectivity index (χ0) is 23.1. The van der Waals surface area contributed by atoms with Gasteiger partial charge in [0.05, 0.1) is 18.0 Å². The molecule has 2 aromatic rings. The van der Waals surface area contributed by atoms with Crippen LogP contribution in [0, 0.1) is 0 Å². The number of carbonyl (C=O) groups is 1. The second-order valence-corrected chi connectivity index (χ2v) is 8.97. The topological polar surface area (TPSA) is 88.2 Å². The molecule has 0 unspecified atom stereocenters. The van der Waals surface area contributed by atoms with Gasteiger partial charge in [-0.05, 0) is 55.5 Å². The monoisotopic (exact) mass is 469 g/mol. The third-order valence-corrected chi connectivity index (χ3v) is 6.75. The largest absolute Gasteiger partial charge is 0.494 e. The van der Waals surface area contributed by atoms with Crippen molar-refractivity contribution in [3.63, 3.8) is 0 Å². The van der Waals surface area contributed by atoms with Crippen LogP contribution in [0.25, 0.3) is 0 Å². The van der Waals surface area contributed by atoms with Gasteiger partial charge in [0.2, 0.25) is 15.9 Å². The van der Waals surface area contributed by atoms with Gasteiger partial charge in [0, 0.05) is 31.9 Å². The Morgan fingerprint density at radius 1 is 1.00 bits per heavy atom. The van der Waals surface area contributed by atoms with Crippen LogP contribution in [-0.4, -0.2) is 69.5 Å². The summed E-state index contributed by atoms with van der Waals surface area (Å²) in [5.41, 5.74) is 0.452. The van der Waals surface area contributed by atoms with Crippen LogP contribution in [0.1, 0.15) is 6.92 Å². The summed E-state index contributed by atoms with van der Waals surface area (Å²) in [6, 6.07) is 11.9. The number of carbonyl (C=O) groups excluding carboxylic acids is 1. The first kappa shape index (κ1) is 23.9. The Bertz CT molecular complexity index is 993. The van der Waals surface area contributed by atoms with Crippen molar-refractivity contribution in [2.24, 2.45) is 0 Å². The molecule has 32 heavy (non-hydrogen) atoms. The molecule has 8 nitrogen and oxygen atoms in total. The van der Waals surface area contributed by atoms with Gasteiger partial charge < -0.3 is 14.8 Å². The fraction of sp³-hybridized carbons (Fsp3) is 0.381. The van der Waals surface area contributed by atoms with Gasteiger partial charge in [-0.1, -0.05) is 0 Å². The molecule has 11 heteroatoms. The molecule has 1 heterocycles. The summed E-state index contributed by atoms with van der Waals surface area (Å²) in [7, 11) is -3.62. The Morgan fingerprint density at radius 2 is 1.59 bits per heavy atom. The summed E-state index contributed by atoms with van der Waals surface area (Å²) >= 11 is 0. The summed E-state index contributed by atoms with van der Waals surface area (Å²) in [5, 5.41) is 2.69. The number of alkyl halides is 2. The smallest absolute Gasteiger partial charge is 0.387 e. The average molecular weight is 470 g/mol. The maximum atomic E-state index is 12.9. The van der Waals surface area contributed by atoms with Crippen LogP contribution < -0.4 is 14.8 Å². The third-order valence-electron chi connectivity index (χ3n) is 4.83. The Morgan fingerprint density at radius 3 is 2.16 bits per heavy atom. The lowest BCUT2D eigenvalue weighted by atomic mass is 10.3. The van der Waals surface area contributed by atoms with Gasteiger partial charge in [0.1, 0.15) is 11.5 Å². The van der Waals surface area contributed by atoms with E-state index in [0.717, 1.165) is 0 Å². The first-order valence-corrected chi connectivity index (χ1v) is 11.5. The van der Waals surface area contributed by atoms with Crippen LogP contribution in [-0.2, 0) is 14.8 Å². The van der Waals surface area contributed by atoms with Crippen molar-refractivity contribution >= 4 is 21.6 Å². The Balaban J connectivity index is 1.49. The Hall–Kier alpha value is -2.76. The lowest BCUT2D eigenvalue weighted by molar-refractivity contribution is -0.117. The minimum atomic E-state index is -3.62. The number of sulfonamides is 1. The van der Waals surface area contributed by atoms with E-state index in [1.165, 1.54) is 40.7 Å². The maximum absolute atomic E-state index is 12.9. The van der Waals surface area contributed by atoms with Gasteiger partial charge in [-0.2, -0.15) is 13.1 Å². The zero-order valence-electron chi connectivity index (χ0n) is 17.5. The van der Waals surface area contributed by atoms with Gasteiger partial charge in [-0.25, -0.2) is 8.42 Å².